The zero-order chi connectivity index (χ0) is 22.2. The molecule has 0 N–H and O–H groups in total. The van der Waals surface area contributed by atoms with E-state index in [-0.39, 0.29) is 17.7 Å². The third kappa shape index (κ3) is 6.00. The molecule has 1 fully saturated rings. The first kappa shape index (κ1) is 22.7. The Hall–Kier alpha value is -3.02. The highest BCUT2D eigenvalue weighted by Gasteiger charge is 2.26. The van der Waals surface area contributed by atoms with E-state index in [2.05, 4.69) is 29.2 Å². The number of rotatable bonds is 9. The number of anilines is 1. The van der Waals surface area contributed by atoms with Crippen LogP contribution in [0.2, 0.25) is 0 Å². The number of para-hydroxylation sites is 1. The number of carbonyl (C=O) groups is 2. The van der Waals surface area contributed by atoms with Gasteiger partial charge in [0, 0.05) is 43.9 Å². The Morgan fingerprint density at radius 3 is 2.61 bits per heavy atom. The second-order valence-corrected chi connectivity index (χ2v) is 7.96. The molecular formula is C25H32N2O4. The van der Waals surface area contributed by atoms with E-state index in [0.717, 1.165) is 25.9 Å². The van der Waals surface area contributed by atoms with Gasteiger partial charge in [-0.1, -0.05) is 18.2 Å². The van der Waals surface area contributed by atoms with Crippen molar-refractivity contribution < 1.29 is 19.1 Å². The molecule has 0 saturated carbocycles. The van der Waals surface area contributed by atoms with Crippen LogP contribution in [0.1, 0.15) is 43.0 Å². The highest BCUT2D eigenvalue weighted by atomic mass is 16.5. The molecule has 1 heterocycles. The highest BCUT2D eigenvalue weighted by molar-refractivity contribution is 5.94. The van der Waals surface area contributed by atoms with E-state index in [1.807, 2.05) is 18.0 Å². The van der Waals surface area contributed by atoms with Crippen molar-refractivity contribution in [3.05, 3.63) is 54.1 Å². The Morgan fingerprint density at radius 2 is 1.90 bits per heavy atom. The molecule has 1 amide bonds. The smallest absolute Gasteiger partial charge is 0.222 e. The van der Waals surface area contributed by atoms with Gasteiger partial charge in [0.05, 0.1) is 13.7 Å². The van der Waals surface area contributed by atoms with Crippen LogP contribution >= 0.6 is 0 Å². The first-order valence-electron chi connectivity index (χ1n) is 10.9. The number of nitrogens with zero attached hydrogens (tertiary/aromatic N) is 2. The van der Waals surface area contributed by atoms with Gasteiger partial charge in [0.15, 0.2) is 17.3 Å². The molecule has 1 aliphatic rings. The van der Waals surface area contributed by atoms with Gasteiger partial charge in [-0.3, -0.25) is 9.59 Å². The average molecular weight is 425 g/mol. The van der Waals surface area contributed by atoms with Gasteiger partial charge in [0.1, 0.15) is 0 Å². The van der Waals surface area contributed by atoms with Crippen LogP contribution in [0.3, 0.4) is 0 Å². The fourth-order valence-corrected chi connectivity index (χ4v) is 3.94. The molecule has 1 saturated heterocycles. The first-order chi connectivity index (χ1) is 15.0. The van der Waals surface area contributed by atoms with Gasteiger partial charge < -0.3 is 19.3 Å². The van der Waals surface area contributed by atoms with Gasteiger partial charge >= 0.3 is 0 Å². The lowest BCUT2D eigenvalue weighted by Crippen LogP contribution is -2.48. The summed E-state index contributed by atoms with van der Waals surface area (Å²) in [5.41, 5.74) is 1.80. The quantitative estimate of drug-likeness (QED) is 0.446. The standard InChI is InChI=1S/C25H32N2O4/c1-19(28)20-13-14-23(24(17-20)30-3)31-16-8-12-25(29)26(2)22-11-7-15-27(18-22)21-9-5-4-6-10-21/h4-6,9-10,13-14,17,22H,7-8,11-12,15-16,18H2,1-3H3. The number of likely N-dealkylation sites (N-methyl/N-ethyl adjacent to an activating group) is 1. The molecule has 0 aromatic heterocycles. The fourth-order valence-electron chi connectivity index (χ4n) is 3.94. The summed E-state index contributed by atoms with van der Waals surface area (Å²) in [5, 5.41) is 0. The molecule has 0 spiro atoms. The zero-order valence-corrected chi connectivity index (χ0v) is 18.7. The monoisotopic (exact) mass is 424 g/mol. The molecule has 2 aromatic rings. The normalized spacial score (nSPS) is 16.0. The lowest BCUT2D eigenvalue weighted by atomic mass is 10.0. The number of Topliss-reactive ketones (excluding diaryl/α,β-unsaturated/α-hetero) is 1. The predicted octanol–water partition coefficient (Wildman–Crippen LogP) is 4.18. The maximum atomic E-state index is 12.7. The lowest BCUT2D eigenvalue weighted by molar-refractivity contribution is -0.132. The number of hydrogen-bond acceptors (Lipinski definition) is 5. The molecule has 0 aliphatic carbocycles. The molecule has 31 heavy (non-hydrogen) atoms. The molecule has 0 radical (unpaired) electrons. The van der Waals surface area contributed by atoms with Crippen molar-refractivity contribution in [2.75, 3.05) is 38.8 Å². The van der Waals surface area contributed by atoms with Crippen molar-refractivity contribution in [2.45, 2.75) is 38.6 Å². The lowest BCUT2D eigenvalue weighted by Gasteiger charge is -2.39. The molecule has 6 heteroatoms. The largest absolute Gasteiger partial charge is 0.493 e. The summed E-state index contributed by atoms with van der Waals surface area (Å²) in [7, 11) is 3.46. The van der Waals surface area contributed by atoms with Crippen LogP contribution in [-0.4, -0.2) is 56.5 Å². The van der Waals surface area contributed by atoms with E-state index < -0.39 is 0 Å². The van der Waals surface area contributed by atoms with E-state index in [1.54, 1.807) is 25.3 Å². The summed E-state index contributed by atoms with van der Waals surface area (Å²) < 4.78 is 11.1. The maximum Gasteiger partial charge on any atom is 0.222 e. The molecule has 3 rings (SSSR count). The average Bonchev–Trinajstić information content (AvgIpc) is 2.81. The molecular weight excluding hydrogens is 392 g/mol. The summed E-state index contributed by atoms with van der Waals surface area (Å²) in [5.74, 6) is 1.23. The summed E-state index contributed by atoms with van der Waals surface area (Å²) in [6, 6.07) is 15.7. The number of ketones is 1. The van der Waals surface area contributed by atoms with E-state index in [9.17, 15) is 9.59 Å². The molecule has 1 aliphatic heterocycles. The number of hydrogen-bond donors (Lipinski definition) is 0. The molecule has 1 unspecified atom stereocenters. The second kappa shape index (κ2) is 10.8. The summed E-state index contributed by atoms with van der Waals surface area (Å²) >= 11 is 0. The van der Waals surface area contributed by atoms with Crippen LogP contribution in [0.4, 0.5) is 5.69 Å². The Kier molecular flexibility index (Phi) is 7.93. The number of ether oxygens (including phenoxy) is 2. The summed E-state index contributed by atoms with van der Waals surface area (Å²) in [6.45, 7) is 3.82. The molecule has 2 aromatic carbocycles. The Morgan fingerprint density at radius 1 is 1.13 bits per heavy atom. The van der Waals surface area contributed by atoms with Gasteiger partial charge in [0.25, 0.3) is 0 Å². The van der Waals surface area contributed by atoms with Gasteiger partial charge in [-0.15, -0.1) is 0 Å². The van der Waals surface area contributed by atoms with Gasteiger partial charge in [-0.2, -0.15) is 0 Å². The van der Waals surface area contributed by atoms with Crippen LogP contribution in [0.5, 0.6) is 11.5 Å². The Balaban J connectivity index is 1.47. The minimum Gasteiger partial charge on any atom is -0.493 e. The number of carbonyl (C=O) groups excluding carboxylic acids is 2. The molecule has 1 atom stereocenters. The predicted molar refractivity (Wildman–Crippen MR) is 122 cm³/mol. The summed E-state index contributed by atoms with van der Waals surface area (Å²) in [4.78, 5) is 28.5. The van der Waals surface area contributed by atoms with Crippen LogP contribution in [0.15, 0.2) is 48.5 Å². The highest BCUT2D eigenvalue weighted by Crippen LogP contribution is 2.28. The van der Waals surface area contributed by atoms with Crippen molar-refractivity contribution in [3.63, 3.8) is 0 Å². The summed E-state index contributed by atoms with van der Waals surface area (Å²) in [6.07, 6.45) is 3.17. The third-order valence-corrected chi connectivity index (χ3v) is 5.82. The molecule has 166 valence electrons. The van der Waals surface area contributed by atoms with Crippen molar-refractivity contribution in [2.24, 2.45) is 0 Å². The van der Waals surface area contributed by atoms with Crippen LogP contribution in [0, 0.1) is 0 Å². The SMILES string of the molecule is COc1cc(C(C)=O)ccc1OCCCC(=O)N(C)C1CCCN(c2ccccc2)C1. The molecule has 6 nitrogen and oxygen atoms in total. The second-order valence-electron chi connectivity index (χ2n) is 7.96. The Bertz CT molecular complexity index is 884. The van der Waals surface area contributed by atoms with E-state index in [4.69, 9.17) is 9.47 Å². The third-order valence-electron chi connectivity index (χ3n) is 5.82. The van der Waals surface area contributed by atoms with E-state index >= 15 is 0 Å². The van der Waals surface area contributed by atoms with Crippen LogP contribution in [-0.2, 0) is 4.79 Å². The zero-order valence-electron chi connectivity index (χ0n) is 18.7. The van der Waals surface area contributed by atoms with Crippen molar-refractivity contribution in [3.8, 4) is 11.5 Å². The van der Waals surface area contributed by atoms with Gasteiger partial charge in [-0.25, -0.2) is 0 Å². The number of piperidine rings is 1. The minimum atomic E-state index is -0.0213. The molecule has 0 bridgehead atoms. The number of benzene rings is 2. The van der Waals surface area contributed by atoms with Gasteiger partial charge in [-0.05, 0) is 56.5 Å². The Labute approximate surface area is 184 Å². The van der Waals surface area contributed by atoms with Crippen molar-refractivity contribution in [1.82, 2.24) is 4.90 Å². The minimum absolute atomic E-state index is 0.0213. The van der Waals surface area contributed by atoms with Crippen molar-refractivity contribution in [1.29, 1.82) is 0 Å². The van der Waals surface area contributed by atoms with Crippen LogP contribution in [0.25, 0.3) is 0 Å². The topological polar surface area (TPSA) is 59.1 Å². The number of amides is 1. The van der Waals surface area contributed by atoms with E-state index in [0.29, 0.717) is 36.5 Å². The van der Waals surface area contributed by atoms with Crippen LogP contribution < -0.4 is 14.4 Å². The fraction of sp³-hybridized carbons (Fsp3) is 0.440. The van der Waals surface area contributed by atoms with Crippen molar-refractivity contribution >= 4 is 17.4 Å². The number of methoxy groups -OCH3 is 1. The first-order valence-corrected chi connectivity index (χ1v) is 10.9. The van der Waals surface area contributed by atoms with Gasteiger partial charge in [0.2, 0.25) is 5.91 Å². The maximum absolute atomic E-state index is 12.7. The van der Waals surface area contributed by atoms with E-state index in [1.165, 1.54) is 12.6 Å².